The van der Waals surface area contributed by atoms with Gasteiger partial charge in [-0.15, -0.1) is 5.10 Å². The SMILES string of the molecule is O=C(O)c1ccc(Cn2nnnc2-c2cccnc2)o1. The second-order valence-electron chi connectivity index (χ2n) is 3.97. The van der Waals surface area contributed by atoms with Crippen LogP contribution in [0, 0.1) is 0 Å². The molecule has 3 aromatic heterocycles. The maximum absolute atomic E-state index is 10.8. The van der Waals surface area contributed by atoms with Crippen molar-refractivity contribution in [3.63, 3.8) is 0 Å². The predicted molar refractivity (Wildman–Crippen MR) is 65.8 cm³/mol. The van der Waals surface area contributed by atoms with Crippen LogP contribution in [-0.4, -0.2) is 36.3 Å². The van der Waals surface area contributed by atoms with Crippen molar-refractivity contribution in [1.29, 1.82) is 0 Å². The zero-order valence-electron chi connectivity index (χ0n) is 10.2. The van der Waals surface area contributed by atoms with Crippen LogP contribution in [0.5, 0.6) is 0 Å². The molecule has 0 saturated heterocycles. The molecule has 0 saturated carbocycles. The summed E-state index contributed by atoms with van der Waals surface area (Å²) in [6.45, 7) is 0.241. The molecule has 3 rings (SSSR count). The summed E-state index contributed by atoms with van der Waals surface area (Å²) in [7, 11) is 0. The molecule has 1 N–H and O–H groups in total. The number of furan rings is 1. The highest BCUT2D eigenvalue weighted by Crippen LogP contribution is 2.16. The number of nitrogens with zero attached hydrogens (tertiary/aromatic N) is 5. The van der Waals surface area contributed by atoms with Crippen LogP contribution in [0.2, 0.25) is 0 Å². The standard InChI is InChI=1S/C12H9N5O3/c18-12(19)10-4-3-9(20-10)7-17-11(14-15-16-17)8-2-1-5-13-6-8/h1-6H,7H2,(H,18,19). The van der Waals surface area contributed by atoms with Gasteiger partial charge in [-0.3, -0.25) is 4.98 Å². The lowest BCUT2D eigenvalue weighted by Crippen LogP contribution is -2.04. The Morgan fingerprint density at radius 3 is 2.95 bits per heavy atom. The largest absolute Gasteiger partial charge is 0.475 e. The van der Waals surface area contributed by atoms with Crippen LogP contribution in [0.25, 0.3) is 11.4 Å². The van der Waals surface area contributed by atoms with Crippen molar-refractivity contribution < 1.29 is 14.3 Å². The number of aromatic carboxylic acids is 1. The highest BCUT2D eigenvalue weighted by atomic mass is 16.4. The first-order valence-corrected chi connectivity index (χ1v) is 5.72. The topological polar surface area (TPSA) is 107 Å². The maximum atomic E-state index is 10.8. The molecule has 0 bridgehead atoms. The lowest BCUT2D eigenvalue weighted by Gasteiger charge is -2.01. The molecule has 0 aliphatic carbocycles. The van der Waals surface area contributed by atoms with Crippen molar-refractivity contribution in [1.82, 2.24) is 25.2 Å². The zero-order valence-corrected chi connectivity index (χ0v) is 10.2. The summed E-state index contributed by atoms with van der Waals surface area (Å²) in [5.74, 6) is -0.234. The Bertz CT molecular complexity index is 734. The van der Waals surface area contributed by atoms with Crippen molar-refractivity contribution in [2.45, 2.75) is 6.54 Å². The number of hydrogen-bond acceptors (Lipinski definition) is 6. The number of aromatic nitrogens is 5. The van der Waals surface area contributed by atoms with Crippen LogP contribution in [0.15, 0.2) is 41.1 Å². The zero-order chi connectivity index (χ0) is 13.9. The number of pyridine rings is 1. The molecule has 0 atom stereocenters. The van der Waals surface area contributed by atoms with Crippen molar-refractivity contribution in [2.75, 3.05) is 0 Å². The smallest absolute Gasteiger partial charge is 0.371 e. The van der Waals surface area contributed by atoms with Gasteiger partial charge in [0.1, 0.15) is 12.3 Å². The molecule has 0 aromatic carbocycles. The third-order valence-corrected chi connectivity index (χ3v) is 2.63. The molecule has 0 radical (unpaired) electrons. The monoisotopic (exact) mass is 271 g/mol. The van der Waals surface area contributed by atoms with Crippen LogP contribution in [0.3, 0.4) is 0 Å². The molecular formula is C12H9N5O3. The predicted octanol–water partition coefficient (Wildman–Crippen LogP) is 1.07. The molecule has 100 valence electrons. The third-order valence-electron chi connectivity index (χ3n) is 2.63. The van der Waals surface area contributed by atoms with Gasteiger partial charge in [-0.25, -0.2) is 9.48 Å². The van der Waals surface area contributed by atoms with E-state index in [1.165, 1.54) is 10.7 Å². The Balaban J connectivity index is 1.88. The van der Waals surface area contributed by atoms with E-state index in [0.29, 0.717) is 11.6 Å². The van der Waals surface area contributed by atoms with Gasteiger partial charge in [-0.1, -0.05) is 0 Å². The van der Waals surface area contributed by atoms with Crippen LogP contribution in [0.4, 0.5) is 0 Å². The minimum Gasteiger partial charge on any atom is -0.475 e. The van der Waals surface area contributed by atoms with Gasteiger partial charge in [0.05, 0.1) is 0 Å². The lowest BCUT2D eigenvalue weighted by molar-refractivity contribution is 0.0660. The normalized spacial score (nSPS) is 10.6. The van der Waals surface area contributed by atoms with Crippen LogP contribution >= 0.6 is 0 Å². The van der Waals surface area contributed by atoms with Crippen LogP contribution < -0.4 is 0 Å². The van der Waals surface area contributed by atoms with Crippen molar-refractivity contribution in [3.8, 4) is 11.4 Å². The van der Waals surface area contributed by atoms with E-state index in [4.69, 9.17) is 9.52 Å². The number of hydrogen-bond donors (Lipinski definition) is 1. The highest BCUT2D eigenvalue weighted by molar-refractivity contribution is 5.84. The molecule has 0 aliphatic heterocycles. The quantitative estimate of drug-likeness (QED) is 0.756. The van der Waals surface area contributed by atoms with E-state index in [9.17, 15) is 4.79 Å². The van der Waals surface area contributed by atoms with Gasteiger partial charge in [0.15, 0.2) is 5.82 Å². The van der Waals surface area contributed by atoms with Gasteiger partial charge in [0.2, 0.25) is 5.76 Å². The molecule has 0 spiro atoms. The Labute approximate surface area is 112 Å². The summed E-state index contributed by atoms with van der Waals surface area (Å²) < 4.78 is 6.69. The summed E-state index contributed by atoms with van der Waals surface area (Å²) in [5.41, 5.74) is 0.766. The Morgan fingerprint density at radius 1 is 1.35 bits per heavy atom. The molecule has 20 heavy (non-hydrogen) atoms. The molecule has 3 aromatic rings. The first kappa shape index (κ1) is 12.0. The summed E-state index contributed by atoms with van der Waals surface area (Å²) in [5, 5.41) is 20.2. The van der Waals surface area contributed by atoms with Crippen molar-refractivity contribution in [3.05, 3.63) is 48.2 Å². The molecule has 0 amide bonds. The van der Waals surface area contributed by atoms with E-state index < -0.39 is 5.97 Å². The molecule has 0 aliphatic rings. The van der Waals surface area contributed by atoms with Crippen LogP contribution in [0.1, 0.15) is 16.3 Å². The average molecular weight is 271 g/mol. The molecular weight excluding hydrogens is 262 g/mol. The van der Waals surface area contributed by atoms with E-state index in [1.807, 2.05) is 6.07 Å². The number of tetrazole rings is 1. The molecule has 0 fully saturated rings. The number of rotatable bonds is 4. The third kappa shape index (κ3) is 2.26. The maximum Gasteiger partial charge on any atom is 0.371 e. The molecule has 8 nitrogen and oxygen atoms in total. The van der Waals surface area contributed by atoms with E-state index in [-0.39, 0.29) is 12.3 Å². The van der Waals surface area contributed by atoms with Gasteiger partial charge in [-0.2, -0.15) is 0 Å². The van der Waals surface area contributed by atoms with Gasteiger partial charge < -0.3 is 9.52 Å². The molecule has 8 heteroatoms. The van der Waals surface area contributed by atoms with E-state index in [2.05, 4.69) is 20.5 Å². The fourth-order valence-corrected chi connectivity index (χ4v) is 1.74. The van der Waals surface area contributed by atoms with E-state index in [0.717, 1.165) is 5.56 Å². The minimum absolute atomic E-state index is 0.115. The van der Waals surface area contributed by atoms with Gasteiger partial charge in [0.25, 0.3) is 0 Å². The summed E-state index contributed by atoms with van der Waals surface area (Å²) >= 11 is 0. The Morgan fingerprint density at radius 2 is 2.25 bits per heavy atom. The minimum atomic E-state index is -1.11. The van der Waals surface area contributed by atoms with Gasteiger partial charge in [-0.05, 0) is 34.7 Å². The van der Waals surface area contributed by atoms with Crippen LogP contribution in [-0.2, 0) is 6.54 Å². The van der Waals surface area contributed by atoms with Gasteiger partial charge in [0, 0.05) is 18.0 Å². The lowest BCUT2D eigenvalue weighted by atomic mass is 10.3. The van der Waals surface area contributed by atoms with Gasteiger partial charge >= 0.3 is 5.97 Å². The fraction of sp³-hybridized carbons (Fsp3) is 0.0833. The number of carboxylic acid groups (broad SMARTS) is 1. The van der Waals surface area contributed by atoms with E-state index in [1.54, 1.807) is 24.5 Å². The Hall–Kier alpha value is -3.03. The first-order valence-electron chi connectivity index (χ1n) is 5.72. The highest BCUT2D eigenvalue weighted by Gasteiger charge is 2.13. The number of carbonyl (C=O) groups is 1. The average Bonchev–Trinajstić information content (AvgIpc) is 3.09. The molecule has 3 heterocycles. The van der Waals surface area contributed by atoms with Crippen molar-refractivity contribution in [2.24, 2.45) is 0 Å². The fourth-order valence-electron chi connectivity index (χ4n) is 1.74. The molecule has 0 unspecified atom stereocenters. The number of carboxylic acids is 1. The summed E-state index contributed by atoms with van der Waals surface area (Å²) in [6.07, 6.45) is 3.30. The first-order chi connectivity index (χ1) is 9.74. The second kappa shape index (κ2) is 4.92. The summed E-state index contributed by atoms with van der Waals surface area (Å²) in [6, 6.07) is 6.59. The van der Waals surface area contributed by atoms with E-state index >= 15 is 0 Å². The second-order valence-corrected chi connectivity index (χ2v) is 3.97. The Kier molecular flexibility index (Phi) is 2.96. The summed E-state index contributed by atoms with van der Waals surface area (Å²) in [4.78, 5) is 14.8. The van der Waals surface area contributed by atoms with Crippen molar-refractivity contribution >= 4 is 5.97 Å².